The minimum Gasteiger partial charge on any atom is -0.394 e. The van der Waals surface area contributed by atoms with Gasteiger partial charge in [0.05, 0.1) is 44.7 Å². The molecule has 12 N–H and O–H groups in total. The fourth-order valence-electron chi connectivity index (χ4n) is 14.5. The zero-order chi connectivity index (χ0) is 47.8. The summed E-state index contributed by atoms with van der Waals surface area (Å²) >= 11 is 0. The molecule has 0 aromatic carbocycles. The zero-order valence-electron chi connectivity index (χ0n) is 38.8. The van der Waals surface area contributed by atoms with Crippen LogP contribution >= 0.6 is 0 Å². The molecule has 8 aliphatic rings. The summed E-state index contributed by atoms with van der Waals surface area (Å²) in [4.78, 5) is 0. The van der Waals surface area contributed by atoms with Crippen molar-refractivity contribution >= 4 is 0 Å². The first-order valence-electron chi connectivity index (χ1n) is 24.4. The molecule has 20 nitrogen and oxygen atoms in total. The molecular formula is C46H78O20. The molecule has 4 heterocycles. The predicted octanol–water partition coefficient (Wildman–Crippen LogP) is -2.15. The number of fused-ring (bicyclic) bond motifs is 7. The van der Waals surface area contributed by atoms with E-state index in [1.165, 1.54) is 0 Å². The second kappa shape index (κ2) is 20.0. The van der Waals surface area contributed by atoms with E-state index >= 15 is 0 Å². The van der Waals surface area contributed by atoms with E-state index in [0.717, 1.165) is 32.1 Å². The monoisotopic (exact) mass is 951 g/mol. The van der Waals surface area contributed by atoms with Gasteiger partial charge in [-0.15, -0.1) is 0 Å². The number of hydrogen-bond acceptors (Lipinski definition) is 20. The van der Waals surface area contributed by atoms with Crippen LogP contribution in [0.5, 0.6) is 0 Å². The molecule has 4 saturated heterocycles. The van der Waals surface area contributed by atoms with Gasteiger partial charge >= 0.3 is 0 Å². The van der Waals surface area contributed by atoms with Crippen molar-refractivity contribution in [2.75, 3.05) is 33.5 Å². The van der Waals surface area contributed by atoms with E-state index in [4.69, 9.17) is 37.9 Å². The van der Waals surface area contributed by atoms with Crippen molar-refractivity contribution < 1.29 is 99.2 Å². The van der Waals surface area contributed by atoms with Crippen molar-refractivity contribution in [3.05, 3.63) is 0 Å². The molecule has 4 aliphatic carbocycles. The third-order valence-corrected chi connectivity index (χ3v) is 18.3. The lowest BCUT2D eigenvalue weighted by molar-refractivity contribution is -0.365. The Labute approximate surface area is 386 Å². The first-order chi connectivity index (χ1) is 31.3. The lowest BCUT2D eigenvalue weighted by atomic mass is 9.44. The fourth-order valence-corrected chi connectivity index (χ4v) is 14.5. The molecule has 0 radical (unpaired) electrons. The standard InChI is InChI=1S/C46H78O20/c1-19(18-60-41-36(56)34(54)30(50)25(15-47)62-41)8-13-46(59-5)20(2)28-39(66-46)33(53)29-23-7-6-21-14-22(9-11-44(21,3)24(23)10-12-45(28,29)4)61-43-38(58)40(32(52)27(17-49)64-43)65-42-37(57)35(55)31(51)26(16-48)63-42/h19-43,47-58H,6-18H2,1-5H3/t19?,20-,21?,22?,23?,24?,25+,26+,27+,28?,29?,30+,31-,32+,33+,34-,35-,36+,37+,38+,39?,40-,41+,42-,43+,44?,45?,46?/m0/s1. The van der Waals surface area contributed by atoms with E-state index in [0.29, 0.717) is 31.6 Å². The fraction of sp³-hybridized carbons (Fsp3) is 1.00. The van der Waals surface area contributed by atoms with Crippen molar-refractivity contribution in [2.45, 2.75) is 202 Å². The minimum atomic E-state index is -1.77. The van der Waals surface area contributed by atoms with Gasteiger partial charge in [0.15, 0.2) is 24.7 Å². The Morgan fingerprint density at radius 3 is 1.82 bits per heavy atom. The Morgan fingerprint density at radius 1 is 0.621 bits per heavy atom. The van der Waals surface area contributed by atoms with Crippen LogP contribution in [0.2, 0.25) is 0 Å². The van der Waals surface area contributed by atoms with Crippen LogP contribution in [0.25, 0.3) is 0 Å². The second-order valence-corrected chi connectivity index (χ2v) is 21.7. The third kappa shape index (κ3) is 8.75. The normalized spacial score (nSPS) is 55.4. The van der Waals surface area contributed by atoms with E-state index in [-0.39, 0.29) is 59.0 Å². The summed E-state index contributed by atoms with van der Waals surface area (Å²) in [6.45, 7) is 7.20. The molecule has 4 saturated carbocycles. The maximum atomic E-state index is 12.4. The van der Waals surface area contributed by atoms with Crippen LogP contribution in [0.15, 0.2) is 0 Å². The van der Waals surface area contributed by atoms with Crippen molar-refractivity contribution in [3.8, 4) is 0 Å². The van der Waals surface area contributed by atoms with Gasteiger partial charge in [-0.1, -0.05) is 27.7 Å². The summed E-state index contributed by atoms with van der Waals surface area (Å²) in [5.41, 5.74) is -0.231. The summed E-state index contributed by atoms with van der Waals surface area (Å²) in [5, 5.41) is 126. The van der Waals surface area contributed by atoms with Gasteiger partial charge < -0.3 is 99.2 Å². The molecule has 4 aliphatic heterocycles. The topological polar surface area (TPSA) is 317 Å². The van der Waals surface area contributed by atoms with Gasteiger partial charge in [0, 0.05) is 25.4 Å². The smallest absolute Gasteiger partial charge is 0.187 e. The molecule has 20 heteroatoms. The van der Waals surface area contributed by atoms with Gasteiger partial charge in [-0.3, -0.25) is 0 Å². The molecule has 66 heavy (non-hydrogen) atoms. The Bertz CT molecular complexity index is 1610. The van der Waals surface area contributed by atoms with E-state index in [1.54, 1.807) is 7.11 Å². The second-order valence-electron chi connectivity index (χ2n) is 21.7. The molecular weight excluding hydrogens is 872 g/mol. The highest BCUT2D eigenvalue weighted by molar-refractivity contribution is 5.18. The summed E-state index contributed by atoms with van der Waals surface area (Å²) in [7, 11) is 1.66. The molecule has 382 valence electrons. The van der Waals surface area contributed by atoms with Crippen molar-refractivity contribution in [1.29, 1.82) is 0 Å². The average Bonchev–Trinajstić information content (AvgIpc) is 3.73. The van der Waals surface area contributed by atoms with Crippen molar-refractivity contribution in [3.63, 3.8) is 0 Å². The molecule has 0 spiro atoms. The van der Waals surface area contributed by atoms with Crippen LogP contribution < -0.4 is 0 Å². The van der Waals surface area contributed by atoms with Crippen LogP contribution in [0.4, 0.5) is 0 Å². The van der Waals surface area contributed by atoms with E-state index in [2.05, 4.69) is 20.8 Å². The van der Waals surface area contributed by atoms with Crippen LogP contribution in [0.3, 0.4) is 0 Å². The molecule has 0 aromatic heterocycles. The Hall–Kier alpha value is -0.800. The summed E-state index contributed by atoms with van der Waals surface area (Å²) in [6, 6.07) is 0. The highest BCUT2D eigenvalue weighted by atomic mass is 16.7. The lowest BCUT2D eigenvalue weighted by Gasteiger charge is -2.61. The highest BCUT2D eigenvalue weighted by Gasteiger charge is 2.72. The SMILES string of the molecule is COC1(CCC(C)CO[C@@H]2O[C@H](CO)[C@@H](O)[C@H](O)[C@H]2O)OC2C([C@@H]1C)C1(C)CCC3C(CCC4CC(O[C@@H]5O[C@H](CO)[C@@H](O)[C@H](O[C@@H]6O[C@H](CO)[C@H](O)[C@H](O)[C@H]6O)[C@H]5O)CCC43C)C1[C@H]2O. The average molecular weight is 951 g/mol. The largest absolute Gasteiger partial charge is 0.394 e. The molecule has 8 fully saturated rings. The Morgan fingerprint density at radius 2 is 1.20 bits per heavy atom. The first kappa shape index (κ1) is 51.6. The number of aliphatic hydroxyl groups excluding tert-OH is 12. The zero-order valence-corrected chi connectivity index (χ0v) is 38.8. The van der Waals surface area contributed by atoms with Crippen molar-refractivity contribution in [1.82, 2.24) is 0 Å². The maximum Gasteiger partial charge on any atom is 0.187 e. The Balaban J connectivity index is 0.879. The number of hydrogen-bond donors (Lipinski definition) is 12. The number of aliphatic hydroxyl groups is 12. The third-order valence-electron chi connectivity index (χ3n) is 18.3. The minimum absolute atomic E-state index is 0.0297. The van der Waals surface area contributed by atoms with Gasteiger partial charge in [-0.2, -0.15) is 0 Å². The molecule has 28 atom stereocenters. The molecule has 8 rings (SSSR count). The van der Waals surface area contributed by atoms with Crippen molar-refractivity contribution in [2.24, 2.45) is 52.3 Å². The van der Waals surface area contributed by atoms with Gasteiger partial charge in [-0.05, 0) is 91.8 Å². The molecule has 11 unspecified atom stereocenters. The number of methoxy groups -OCH3 is 1. The molecule has 0 bridgehead atoms. The summed E-state index contributed by atoms with van der Waals surface area (Å²) in [5.74, 6) is 0.0186. The van der Waals surface area contributed by atoms with Crippen LogP contribution in [-0.4, -0.2) is 211 Å². The van der Waals surface area contributed by atoms with E-state index in [9.17, 15) is 61.3 Å². The van der Waals surface area contributed by atoms with E-state index < -0.39 is 130 Å². The van der Waals surface area contributed by atoms with Gasteiger partial charge in [0.25, 0.3) is 0 Å². The van der Waals surface area contributed by atoms with E-state index in [1.807, 2.05) is 6.92 Å². The van der Waals surface area contributed by atoms with Crippen LogP contribution in [0, 0.1) is 52.3 Å². The van der Waals surface area contributed by atoms with Crippen LogP contribution in [-0.2, 0) is 37.9 Å². The number of ether oxygens (including phenoxy) is 8. The summed E-state index contributed by atoms with van der Waals surface area (Å²) < 4.78 is 48.1. The number of rotatable bonds is 14. The van der Waals surface area contributed by atoms with Gasteiger partial charge in [0.2, 0.25) is 0 Å². The molecule has 0 aromatic rings. The highest BCUT2D eigenvalue weighted by Crippen LogP contribution is 2.71. The quantitative estimate of drug-likeness (QED) is 0.0826. The maximum absolute atomic E-state index is 12.4. The predicted molar refractivity (Wildman–Crippen MR) is 225 cm³/mol. The van der Waals surface area contributed by atoms with Gasteiger partial charge in [-0.25, -0.2) is 0 Å². The lowest BCUT2D eigenvalue weighted by Crippen LogP contribution is -2.65. The van der Waals surface area contributed by atoms with Gasteiger partial charge in [0.1, 0.15) is 73.2 Å². The molecule has 0 amide bonds. The Kier molecular flexibility index (Phi) is 15.6. The van der Waals surface area contributed by atoms with Crippen LogP contribution in [0.1, 0.15) is 85.5 Å². The first-order valence-corrected chi connectivity index (χ1v) is 24.4. The summed E-state index contributed by atoms with van der Waals surface area (Å²) in [6.07, 6.45) is -16.2.